The molecule has 0 saturated heterocycles. The van der Waals surface area contributed by atoms with Gasteiger partial charge in [0.1, 0.15) is 46.5 Å². The van der Waals surface area contributed by atoms with Crippen LogP contribution in [0.1, 0.15) is 127 Å². The highest BCUT2D eigenvalue weighted by atomic mass is 35.5. The van der Waals surface area contributed by atoms with Crippen molar-refractivity contribution < 1.29 is 86.8 Å². The third kappa shape index (κ3) is 20.7. The number of sulfone groups is 1. The number of nitrogens with zero attached hydrogens (tertiary/aromatic N) is 8. The van der Waals surface area contributed by atoms with E-state index in [1.807, 2.05) is 44.7 Å². The fraction of sp³-hybridized carbons (Fsp3) is 0.426. The van der Waals surface area contributed by atoms with E-state index in [1.165, 1.54) is 21.1 Å². The number of ketones is 2. The number of carbonyl (C=O) groups excluding carboxylic acids is 3. The van der Waals surface area contributed by atoms with Crippen LogP contribution in [0.3, 0.4) is 0 Å². The van der Waals surface area contributed by atoms with E-state index in [1.54, 1.807) is 23.1 Å². The summed E-state index contributed by atoms with van der Waals surface area (Å²) in [6.45, 7) is 14.0. The Morgan fingerprint density at radius 1 is 0.925 bits per heavy atom. The number of thioether (sulfide) groups is 1. The number of sulfonamides is 1. The number of anilines is 1. The minimum Gasteiger partial charge on any atom is -0.511 e. The van der Waals surface area contributed by atoms with Gasteiger partial charge in [0.2, 0.25) is 11.7 Å². The summed E-state index contributed by atoms with van der Waals surface area (Å²) in [7, 11) is -6.13. The molecule has 93 heavy (non-hydrogen) atoms. The van der Waals surface area contributed by atoms with E-state index in [-0.39, 0.29) is 53.4 Å². The number of carbonyl (C=O) groups is 3. The number of aliphatic hydroxyl groups is 1. The van der Waals surface area contributed by atoms with Crippen molar-refractivity contribution in [2.45, 2.75) is 134 Å². The second-order valence-corrected chi connectivity index (χ2v) is 26.6. The van der Waals surface area contributed by atoms with Crippen molar-refractivity contribution in [3.63, 3.8) is 0 Å². The number of allylic oxidation sites excluding steroid dienone is 2. The van der Waals surface area contributed by atoms with E-state index in [2.05, 4.69) is 51.1 Å². The number of oxime groups is 1. The summed E-state index contributed by atoms with van der Waals surface area (Å²) in [5.41, 5.74) is -1.52. The Kier molecular flexibility index (Phi) is 27.8. The van der Waals surface area contributed by atoms with Crippen LogP contribution in [0.25, 0.3) is 16.6 Å². The second kappa shape index (κ2) is 34.2. The zero-order valence-corrected chi connectivity index (χ0v) is 55.7. The van der Waals surface area contributed by atoms with Crippen molar-refractivity contribution in [1.82, 2.24) is 34.3 Å². The number of esters is 1. The van der Waals surface area contributed by atoms with Crippen molar-refractivity contribution in [2.24, 2.45) is 18.1 Å². The number of benzene rings is 3. The number of fused-ring (bicyclic) bond motifs is 2. The topological polar surface area (TPSA) is 295 Å². The number of pyridine rings is 1. The molecule has 0 spiro atoms. The molecule has 22 nitrogen and oxygen atoms in total. The van der Waals surface area contributed by atoms with Gasteiger partial charge in [0.05, 0.1) is 51.9 Å². The molecule has 3 unspecified atom stereocenters. The lowest BCUT2D eigenvalue weighted by molar-refractivity contribution is -0.151. The number of aromatic hydroxyl groups is 1. The third-order valence-electron chi connectivity index (χ3n) is 13.6. The summed E-state index contributed by atoms with van der Waals surface area (Å²) in [5.74, 6) is -2.96. The zero-order chi connectivity index (χ0) is 69.1. The minimum absolute atomic E-state index is 0.00866. The second-order valence-electron chi connectivity index (χ2n) is 20.9. The average Bonchev–Trinajstić information content (AvgIpc) is 1.66. The van der Waals surface area contributed by atoms with Crippen molar-refractivity contribution in [3.05, 3.63) is 129 Å². The number of alkyl halides is 3. The number of unbranched alkanes of at least 4 members (excludes halogenated alkanes) is 2. The molecule has 0 radical (unpaired) electrons. The number of rotatable bonds is 24. The summed E-state index contributed by atoms with van der Waals surface area (Å²) in [4.78, 5) is 52.6. The van der Waals surface area contributed by atoms with Gasteiger partial charge in [0, 0.05) is 48.5 Å². The number of Topliss-reactive ketones (excluding diaryl/α,β-unsaturated/α-hetero) is 1. The molecular formula is C61H72ClF6N9O13S3. The van der Waals surface area contributed by atoms with Crippen LogP contribution in [0.5, 0.6) is 17.6 Å². The monoisotopic (exact) mass is 1380 g/mol. The summed E-state index contributed by atoms with van der Waals surface area (Å²) in [6.07, 6.45) is 6.11. The van der Waals surface area contributed by atoms with Gasteiger partial charge in [-0.2, -0.15) is 47.9 Å². The number of aliphatic hydroxyl groups excluding tert-OH is 1. The van der Waals surface area contributed by atoms with E-state index in [9.17, 15) is 67.8 Å². The van der Waals surface area contributed by atoms with Crippen LogP contribution in [0.2, 0.25) is 5.02 Å². The van der Waals surface area contributed by atoms with Crippen molar-refractivity contribution >= 4 is 88.7 Å². The number of ether oxygens (including phenoxy) is 3. The summed E-state index contributed by atoms with van der Waals surface area (Å²) < 4.78 is 147. The van der Waals surface area contributed by atoms with Gasteiger partial charge < -0.3 is 29.3 Å². The molecule has 0 bridgehead atoms. The highest BCUT2D eigenvalue weighted by molar-refractivity contribution is 7.99. The smallest absolute Gasteiger partial charge is 0.416 e. The lowest BCUT2D eigenvalue weighted by Gasteiger charge is -2.25. The van der Waals surface area contributed by atoms with E-state index in [4.69, 9.17) is 30.6 Å². The Balaban J connectivity index is 0.000000225. The van der Waals surface area contributed by atoms with E-state index >= 15 is 0 Å². The van der Waals surface area contributed by atoms with Gasteiger partial charge in [-0.3, -0.25) is 19.3 Å². The van der Waals surface area contributed by atoms with Crippen LogP contribution >= 0.6 is 23.4 Å². The largest absolute Gasteiger partial charge is 0.511 e. The number of hydrogen-bond donors (Lipinski definition) is 3. The summed E-state index contributed by atoms with van der Waals surface area (Å²) in [5, 5.41) is 32.7. The highest BCUT2D eigenvalue weighted by Crippen LogP contribution is 2.36. The van der Waals surface area contributed by atoms with Crippen LogP contribution in [0.15, 0.2) is 99.6 Å². The first kappa shape index (κ1) is 75.7. The van der Waals surface area contributed by atoms with Crippen molar-refractivity contribution in [2.75, 3.05) is 37.1 Å². The van der Waals surface area contributed by atoms with Gasteiger partial charge in [0.15, 0.2) is 33.7 Å². The molecule has 506 valence electrons. The average molecular weight is 1380 g/mol. The van der Waals surface area contributed by atoms with Crippen LogP contribution in [-0.4, -0.2) is 128 Å². The molecule has 0 amide bonds. The van der Waals surface area contributed by atoms with Crippen LogP contribution in [0, 0.1) is 30.3 Å². The fourth-order valence-electron chi connectivity index (χ4n) is 9.32. The zero-order valence-electron chi connectivity index (χ0n) is 52.5. The van der Waals surface area contributed by atoms with Gasteiger partial charge in [0.25, 0.3) is 15.2 Å². The molecule has 3 N–H and O–H groups in total. The standard InChI is InChI=1S/C18H22ClNO3.C17H29NO3S.C14H13F3N2O4S.C12H8F3N5O3S/c1-3-4-5-7-13(2)23-17(21)12-22-16-10-9-15(19)14-8-6-11-20-18(14)16;1-5-8-14(18-21-6-2)17-15(19)10-13(11-16(17)20)9-12(4)22-7-3;1-7-11(13(21)19(2)18-7)12(20)9-5-4-8(14(15,16)17)6-10(9)24(3,22)23;1-23-12-16-5-8(15)10-17-11(18-20(10)12)24(21,22)19-9-6(13)3-2-4-7(9)14/h6,8-11,13H,3-5,7,12H2,1-2H3;12-13,19H,5-11H2,1-4H3;4-6,21H,1-3H3;2-5,19H,1H3/b;18-14-;;. The van der Waals surface area contributed by atoms with Crippen molar-refractivity contribution in [1.29, 1.82) is 0 Å². The quantitative estimate of drug-likeness (QED) is 0.0126. The Bertz CT molecular complexity index is 4060. The van der Waals surface area contributed by atoms with Gasteiger partial charge >= 0.3 is 18.2 Å². The molecule has 0 saturated carbocycles. The Hall–Kier alpha value is -8.03. The molecule has 3 aromatic carbocycles. The highest BCUT2D eigenvalue weighted by Gasteiger charge is 2.35. The molecule has 4 heterocycles. The van der Waals surface area contributed by atoms with Crippen LogP contribution in [0.4, 0.5) is 32.0 Å². The maximum absolute atomic E-state index is 13.7. The van der Waals surface area contributed by atoms with Gasteiger partial charge in [-0.15, -0.1) is 5.10 Å². The first-order valence-corrected chi connectivity index (χ1v) is 33.8. The maximum atomic E-state index is 13.7. The molecule has 8 rings (SSSR count). The summed E-state index contributed by atoms with van der Waals surface area (Å²) >= 11 is 8.03. The predicted octanol–water partition coefficient (Wildman–Crippen LogP) is 12.7. The minimum atomic E-state index is -4.76. The van der Waals surface area contributed by atoms with Gasteiger partial charge in [-0.05, 0) is 113 Å². The first-order valence-electron chi connectivity index (χ1n) is 29.0. The Morgan fingerprint density at radius 2 is 1.62 bits per heavy atom. The van der Waals surface area contributed by atoms with Gasteiger partial charge in [-0.1, -0.05) is 69.8 Å². The molecule has 0 fully saturated rings. The van der Waals surface area contributed by atoms with Crippen LogP contribution in [-0.2, 0) is 52.2 Å². The molecule has 3 atom stereocenters. The molecule has 7 aromatic rings. The molecule has 4 aromatic heterocycles. The first-order chi connectivity index (χ1) is 43.8. The molecule has 0 aliphatic heterocycles. The molecular weight excluding hydrogens is 1310 g/mol. The number of para-hydroxylation sites is 1. The molecule has 32 heteroatoms. The van der Waals surface area contributed by atoms with Crippen LogP contribution < -0.4 is 14.2 Å². The summed E-state index contributed by atoms with van der Waals surface area (Å²) in [6, 6.07) is 11.5. The predicted molar refractivity (Wildman–Crippen MR) is 338 cm³/mol. The number of nitrogens with one attached hydrogen (secondary N) is 1. The normalized spacial score (nSPS) is 14.2. The number of hydrogen-bond acceptors (Lipinski definition) is 20. The fourth-order valence-corrected chi connectivity index (χ4v) is 12.4. The number of aryl methyl sites for hydroxylation is 2. The number of aromatic nitrogens is 7. The molecule has 1 aliphatic rings. The van der Waals surface area contributed by atoms with E-state index < -0.39 is 87.7 Å². The van der Waals surface area contributed by atoms with Gasteiger partial charge in [-0.25, -0.2) is 36.0 Å². The Morgan fingerprint density at radius 3 is 2.22 bits per heavy atom. The maximum Gasteiger partial charge on any atom is 0.416 e. The Labute approximate surface area is 543 Å². The van der Waals surface area contributed by atoms with E-state index in [0.717, 1.165) is 84.8 Å². The lowest BCUT2D eigenvalue weighted by atomic mass is 9.82. The number of halogens is 7. The number of methoxy groups -OCH3 is 1. The lowest BCUT2D eigenvalue weighted by Crippen LogP contribution is -2.26. The molecule has 1 aliphatic carbocycles. The SMILES string of the molecule is CCC/C(=N/OCC)C1=C(O)CC(CC(C)SCC)CC1=O.CCCCCC(C)OC(=O)COc1ccc(Cl)c2cccnc12.COc1ncc(F)c2nc(S(=O)(=O)Nc3c(F)cccc3F)nn12.Cc1nn(C)c(O)c1C(=O)c1ccc(C(F)(F)F)cc1S(C)(=O)=O. The van der Waals surface area contributed by atoms with E-state index in [0.29, 0.717) is 81.6 Å². The van der Waals surface area contributed by atoms with Crippen molar-refractivity contribution in [3.8, 4) is 17.6 Å². The third-order valence-corrected chi connectivity index (χ3v) is 17.2.